The maximum absolute atomic E-state index is 12.9. The first-order valence-corrected chi connectivity index (χ1v) is 9.34. The lowest BCUT2D eigenvalue weighted by atomic mass is 10.1. The summed E-state index contributed by atoms with van der Waals surface area (Å²) in [7, 11) is 1.30. The van der Waals surface area contributed by atoms with Crippen LogP contribution in [0.15, 0.2) is 60.7 Å². The number of anilines is 2. The summed E-state index contributed by atoms with van der Waals surface area (Å²) in [5.74, 6) is 0.111. The lowest BCUT2D eigenvalue weighted by Gasteiger charge is -2.12. The van der Waals surface area contributed by atoms with Crippen molar-refractivity contribution in [2.24, 2.45) is 0 Å². The SMILES string of the molecule is COC(=O)c1ccccc1NC(=O)c1cc(NC2CC2)nc(-c2ccccc2)n1. The molecule has 1 aromatic heterocycles. The van der Waals surface area contributed by atoms with Gasteiger partial charge in [-0.25, -0.2) is 14.8 Å². The molecule has 7 nitrogen and oxygen atoms in total. The third-order valence-electron chi connectivity index (χ3n) is 4.50. The number of benzene rings is 2. The molecule has 4 rings (SSSR count). The van der Waals surface area contributed by atoms with Crippen LogP contribution in [0.5, 0.6) is 0 Å². The van der Waals surface area contributed by atoms with Crippen LogP contribution in [0.4, 0.5) is 11.5 Å². The highest BCUT2D eigenvalue weighted by atomic mass is 16.5. The van der Waals surface area contributed by atoms with Gasteiger partial charge in [0.2, 0.25) is 0 Å². The van der Waals surface area contributed by atoms with Crippen LogP contribution in [0.25, 0.3) is 11.4 Å². The Morgan fingerprint density at radius 1 is 1.00 bits per heavy atom. The highest BCUT2D eigenvalue weighted by Crippen LogP contribution is 2.26. The number of amides is 1. The number of nitrogens with one attached hydrogen (secondary N) is 2. The van der Waals surface area contributed by atoms with Gasteiger partial charge >= 0.3 is 5.97 Å². The van der Waals surface area contributed by atoms with E-state index in [-0.39, 0.29) is 11.3 Å². The van der Waals surface area contributed by atoms with E-state index in [2.05, 4.69) is 20.6 Å². The standard InChI is InChI=1S/C22H20N4O3/c1-29-22(28)16-9-5-6-10-17(16)25-21(27)18-13-19(23-15-11-12-15)26-20(24-18)14-7-3-2-4-8-14/h2-10,13,15H,11-12H2,1H3,(H,25,27)(H,23,24,26). The van der Waals surface area contributed by atoms with Gasteiger partial charge in [-0.3, -0.25) is 4.79 Å². The molecule has 146 valence electrons. The number of hydrogen-bond acceptors (Lipinski definition) is 6. The van der Waals surface area contributed by atoms with E-state index in [1.165, 1.54) is 7.11 Å². The van der Waals surface area contributed by atoms with Gasteiger partial charge in [-0.2, -0.15) is 0 Å². The number of ether oxygens (including phenoxy) is 1. The van der Waals surface area contributed by atoms with Crippen LogP contribution in [-0.2, 0) is 4.74 Å². The van der Waals surface area contributed by atoms with Crippen molar-refractivity contribution in [2.75, 3.05) is 17.7 Å². The second-order valence-corrected chi connectivity index (χ2v) is 6.74. The number of aromatic nitrogens is 2. The van der Waals surface area contributed by atoms with Gasteiger partial charge in [0.05, 0.1) is 18.4 Å². The summed E-state index contributed by atoms with van der Waals surface area (Å²) in [6.07, 6.45) is 2.16. The van der Waals surface area contributed by atoms with Crippen molar-refractivity contribution < 1.29 is 14.3 Å². The topological polar surface area (TPSA) is 93.2 Å². The first kappa shape index (κ1) is 18.6. The number of esters is 1. The monoisotopic (exact) mass is 388 g/mol. The fourth-order valence-electron chi connectivity index (χ4n) is 2.86. The van der Waals surface area contributed by atoms with Crippen molar-refractivity contribution in [2.45, 2.75) is 18.9 Å². The largest absolute Gasteiger partial charge is 0.465 e. The minimum absolute atomic E-state index is 0.210. The normalized spacial score (nSPS) is 12.9. The number of rotatable bonds is 6. The van der Waals surface area contributed by atoms with Gasteiger partial charge < -0.3 is 15.4 Å². The van der Waals surface area contributed by atoms with Crippen LogP contribution in [-0.4, -0.2) is 35.0 Å². The number of nitrogens with zero attached hydrogens (tertiary/aromatic N) is 2. The van der Waals surface area contributed by atoms with Gasteiger partial charge in [0.1, 0.15) is 11.5 Å². The summed E-state index contributed by atoms with van der Waals surface area (Å²) in [6.45, 7) is 0. The minimum Gasteiger partial charge on any atom is -0.465 e. The molecular weight excluding hydrogens is 368 g/mol. The maximum Gasteiger partial charge on any atom is 0.339 e. The molecule has 1 amide bonds. The van der Waals surface area contributed by atoms with Gasteiger partial charge in [0, 0.05) is 17.7 Å². The van der Waals surface area contributed by atoms with E-state index in [1.807, 2.05) is 30.3 Å². The second kappa shape index (κ2) is 8.10. The number of para-hydroxylation sites is 1. The maximum atomic E-state index is 12.9. The van der Waals surface area contributed by atoms with Crippen LogP contribution < -0.4 is 10.6 Å². The first-order valence-electron chi connectivity index (χ1n) is 9.34. The Hall–Kier alpha value is -3.74. The second-order valence-electron chi connectivity index (χ2n) is 6.74. The van der Waals surface area contributed by atoms with Gasteiger partial charge in [0.15, 0.2) is 5.82 Å². The van der Waals surface area contributed by atoms with Crippen LogP contribution in [0.1, 0.15) is 33.7 Å². The molecule has 0 atom stereocenters. The zero-order valence-electron chi connectivity index (χ0n) is 15.9. The Morgan fingerprint density at radius 2 is 1.72 bits per heavy atom. The Kier molecular flexibility index (Phi) is 5.20. The molecule has 1 fully saturated rings. The van der Waals surface area contributed by atoms with Crippen LogP contribution in [0.3, 0.4) is 0 Å². The average molecular weight is 388 g/mol. The van der Waals surface area contributed by atoms with Crippen molar-refractivity contribution in [3.63, 3.8) is 0 Å². The molecule has 1 aliphatic rings. The van der Waals surface area contributed by atoms with E-state index in [1.54, 1.807) is 30.3 Å². The van der Waals surface area contributed by atoms with E-state index >= 15 is 0 Å². The summed E-state index contributed by atoms with van der Waals surface area (Å²) in [5, 5.41) is 6.08. The Morgan fingerprint density at radius 3 is 2.45 bits per heavy atom. The Balaban J connectivity index is 1.67. The third-order valence-corrected chi connectivity index (χ3v) is 4.50. The highest BCUT2D eigenvalue weighted by molar-refractivity contribution is 6.07. The molecule has 1 aliphatic carbocycles. The quantitative estimate of drug-likeness (QED) is 0.625. The fraction of sp³-hybridized carbons (Fsp3) is 0.182. The summed E-state index contributed by atoms with van der Waals surface area (Å²) in [4.78, 5) is 33.9. The number of carbonyl (C=O) groups excluding carboxylic acids is 2. The van der Waals surface area contributed by atoms with Gasteiger partial charge in [-0.05, 0) is 25.0 Å². The van der Waals surface area contributed by atoms with Gasteiger partial charge in [-0.15, -0.1) is 0 Å². The van der Waals surface area contributed by atoms with E-state index < -0.39 is 11.9 Å². The number of carbonyl (C=O) groups is 2. The van der Waals surface area contributed by atoms with Crippen molar-refractivity contribution >= 4 is 23.4 Å². The molecule has 0 aliphatic heterocycles. The molecule has 0 radical (unpaired) electrons. The molecule has 2 aromatic carbocycles. The molecule has 3 aromatic rings. The van der Waals surface area contributed by atoms with Crippen LogP contribution in [0.2, 0.25) is 0 Å². The van der Waals surface area contributed by atoms with Crippen LogP contribution >= 0.6 is 0 Å². The van der Waals surface area contributed by atoms with Gasteiger partial charge in [-0.1, -0.05) is 42.5 Å². The average Bonchev–Trinajstić information content (AvgIpc) is 3.58. The van der Waals surface area contributed by atoms with Crippen molar-refractivity contribution in [1.29, 1.82) is 0 Å². The Labute approximate surface area is 168 Å². The predicted molar refractivity (Wildman–Crippen MR) is 110 cm³/mol. The molecule has 1 saturated carbocycles. The summed E-state index contributed by atoms with van der Waals surface area (Å²) in [5.41, 5.74) is 1.66. The molecule has 1 heterocycles. The fourth-order valence-corrected chi connectivity index (χ4v) is 2.86. The van der Waals surface area contributed by atoms with Crippen molar-refractivity contribution in [3.05, 3.63) is 71.9 Å². The lowest BCUT2D eigenvalue weighted by molar-refractivity contribution is 0.0602. The molecule has 0 unspecified atom stereocenters. The van der Waals surface area contributed by atoms with Crippen molar-refractivity contribution in [1.82, 2.24) is 9.97 Å². The predicted octanol–water partition coefficient (Wildman–Crippen LogP) is 3.76. The zero-order valence-corrected chi connectivity index (χ0v) is 15.9. The summed E-state index contributed by atoms with van der Waals surface area (Å²) < 4.78 is 4.79. The zero-order chi connectivity index (χ0) is 20.2. The summed E-state index contributed by atoms with van der Waals surface area (Å²) >= 11 is 0. The molecule has 0 spiro atoms. The number of methoxy groups -OCH3 is 1. The molecule has 0 bridgehead atoms. The summed E-state index contributed by atoms with van der Waals surface area (Å²) in [6, 6.07) is 18.2. The minimum atomic E-state index is -0.523. The lowest BCUT2D eigenvalue weighted by Crippen LogP contribution is -2.18. The molecule has 29 heavy (non-hydrogen) atoms. The molecule has 0 saturated heterocycles. The third kappa shape index (κ3) is 4.40. The smallest absolute Gasteiger partial charge is 0.339 e. The molecule has 2 N–H and O–H groups in total. The molecular formula is C22H20N4O3. The van der Waals surface area contributed by atoms with E-state index in [4.69, 9.17) is 4.74 Å². The van der Waals surface area contributed by atoms with Gasteiger partial charge in [0.25, 0.3) is 5.91 Å². The number of hydrogen-bond donors (Lipinski definition) is 2. The van der Waals surface area contributed by atoms with E-state index in [9.17, 15) is 9.59 Å². The van der Waals surface area contributed by atoms with E-state index in [0.29, 0.717) is 23.4 Å². The van der Waals surface area contributed by atoms with Crippen molar-refractivity contribution in [3.8, 4) is 11.4 Å². The molecule has 7 heteroatoms. The first-order chi connectivity index (χ1) is 14.1. The van der Waals surface area contributed by atoms with Crippen LogP contribution in [0, 0.1) is 0 Å². The van der Waals surface area contributed by atoms with E-state index in [0.717, 1.165) is 18.4 Å². The highest BCUT2D eigenvalue weighted by Gasteiger charge is 2.23. The Bertz CT molecular complexity index is 1050.